The van der Waals surface area contributed by atoms with Crippen LogP contribution in [0.2, 0.25) is 10.0 Å². The Kier molecular flexibility index (Phi) is 6.51. The molecule has 2 amide bonds. The molecule has 138 valence electrons. The first kappa shape index (κ1) is 20.1. The molecule has 0 aliphatic rings. The van der Waals surface area contributed by atoms with Gasteiger partial charge in [0.05, 0.1) is 21.3 Å². The summed E-state index contributed by atoms with van der Waals surface area (Å²) < 4.78 is 5.53. The SMILES string of the molecule is CC(C)(C)NC(=O)COc1ccccc1C(=O)Nc1cccc(Cl)c1Cl. The fourth-order valence-corrected chi connectivity index (χ4v) is 2.52. The summed E-state index contributed by atoms with van der Waals surface area (Å²) in [6.07, 6.45) is 0. The van der Waals surface area contributed by atoms with Gasteiger partial charge in [-0.15, -0.1) is 0 Å². The Morgan fingerprint density at radius 1 is 1.04 bits per heavy atom. The van der Waals surface area contributed by atoms with Gasteiger partial charge in [0, 0.05) is 5.54 Å². The summed E-state index contributed by atoms with van der Waals surface area (Å²) in [6, 6.07) is 11.6. The topological polar surface area (TPSA) is 67.4 Å². The van der Waals surface area contributed by atoms with E-state index in [-0.39, 0.29) is 28.6 Å². The number of carbonyl (C=O) groups is 2. The van der Waals surface area contributed by atoms with Crippen molar-refractivity contribution in [2.24, 2.45) is 0 Å². The number of anilines is 1. The Morgan fingerprint density at radius 2 is 1.73 bits per heavy atom. The molecule has 0 radical (unpaired) electrons. The molecule has 0 aliphatic heterocycles. The minimum atomic E-state index is -0.416. The van der Waals surface area contributed by atoms with Crippen molar-refractivity contribution in [1.82, 2.24) is 5.32 Å². The molecule has 0 saturated carbocycles. The van der Waals surface area contributed by atoms with Crippen molar-refractivity contribution < 1.29 is 14.3 Å². The van der Waals surface area contributed by atoms with Gasteiger partial charge in [0.2, 0.25) is 0 Å². The number of benzene rings is 2. The minimum Gasteiger partial charge on any atom is -0.483 e. The monoisotopic (exact) mass is 394 g/mol. The zero-order chi connectivity index (χ0) is 19.3. The van der Waals surface area contributed by atoms with Crippen LogP contribution in [0.15, 0.2) is 42.5 Å². The highest BCUT2D eigenvalue weighted by molar-refractivity contribution is 6.44. The first-order valence-corrected chi connectivity index (χ1v) is 8.71. The lowest BCUT2D eigenvalue weighted by Gasteiger charge is -2.20. The molecule has 0 spiro atoms. The fourth-order valence-electron chi connectivity index (χ4n) is 2.17. The Hall–Kier alpha value is -2.24. The van der Waals surface area contributed by atoms with Crippen LogP contribution in [0, 0.1) is 0 Å². The maximum absolute atomic E-state index is 12.6. The van der Waals surface area contributed by atoms with Gasteiger partial charge < -0.3 is 15.4 Å². The van der Waals surface area contributed by atoms with Crippen molar-refractivity contribution in [3.63, 3.8) is 0 Å². The Bertz CT molecular complexity index is 817. The third kappa shape index (κ3) is 5.64. The van der Waals surface area contributed by atoms with Crippen LogP contribution in [-0.2, 0) is 4.79 Å². The quantitative estimate of drug-likeness (QED) is 0.781. The number of amides is 2. The van der Waals surface area contributed by atoms with Crippen LogP contribution in [0.4, 0.5) is 5.69 Å². The Morgan fingerprint density at radius 3 is 2.42 bits per heavy atom. The van der Waals surface area contributed by atoms with Crippen LogP contribution < -0.4 is 15.4 Å². The summed E-state index contributed by atoms with van der Waals surface area (Å²) in [5.41, 5.74) is 0.317. The van der Waals surface area contributed by atoms with Gasteiger partial charge in [0.15, 0.2) is 6.61 Å². The predicted molar refractivity (Wildman–Crippen MR) is 104 cm³/mol. The zero-order valence-electron chi connectivity index (χ0n) is 14.7. The maximum Gasteiger partial charge on any atom is 0.259 e. The highest BCUT2D eigenvalue weighted by Gasteiger charge is 2.17. The van der Waals surface area contributed by atoms with Gasteiger partial charge in [-0.05, 0) is 45.0 Å². The van der Waals surface area contributed by atoms with E-state index in [1.54, 1.807) is 42.5 Å². The zero-order valence-corrected chi connectivity index (χ0v) is 16.2. The average Bonchev–Trinajstić information content (AvgIpc) is 2.56. The van der Waals surface area contributed by atoms with E-state index in [0.29, 0.717) is 16.5 Å². The van der Waals surface area contributed by atoms with Crippen molar-refractivity contribution in [2.45, 2.75) is 26.3 Å². The minimum absolute atomic E-state index is 0.195. The van der Waals surface area contributed by atoms with Crippen molar-refractivity contribution in [3.05, 3.63) is 58.1 Å². The Balaban J connectivity index is 2.11. The molecule has 0 bridgehead atoms. The van der Waals surface area contributed by atoms with E-state index in [1.165, 1.54) is 0 Å². The van der Waals surface area contributed by atoms with Crippen LogP contribution in [-0.4, -0.2) is 24.0 Å². The van der Waals surface area contributed by atoms with E-state index >= 15 is 0 Å². The van der Waals surface area contributed by atoms with E-state index < -0.39 is 5.91 Å². The highest BCUT2D eigenvalue weighted by atomic mass is 35.5. The second kappa shape index (κ2) is 8.43. The molecule has 0 heterocycles. The van der Waals surface area contributed by atoms with E-state index in [9.17, 15) is 9.59 Å². The summed E-state index contributed by atoms with van der Waals surface area (Å²) in [4.78, 5) is 24.5. The van der Waals surface area contributed by atoms with E-state index in [4.69, 9.17) is 27.9 Å². The molecule has 0 atom stereocenters. The number of nitrogens with one attached hydrogen (secondary N) is 2. The summed E-state index contributed by atoms with van der Waals surface area (Å²) in [7, 11) is 0. The van der Waals surface area contributed by atoms with Crippen LogP contribution in [0.3, 0.4) is 0 Å². The molecule has 0 fully saturated rings. The van der Waals surface area contributed by atoms with Crippen molar-refractivity contribution in [1.29, 1.82) is 0 Å². The molecule has 0 aliphatic carbocycles. The van der Waals surface area contributed by atoms with Crippen LogP contribution in [0.1, 0.15) is 31.1 Å². The van der Waals surface area contributed by atoms with E-state index in [2.05, 4.69) is 10.6 Å². The summed E-state index contributed by atoms with van der Waals surface area (Å²) in [6.45, 7) is 5.43. The highest BCUT2D eigenvalue weighted by Crippen LogP contribution is 2.30. The van der Waals surface area contributed by atoms with Gasteiger partial charge in [-0.25, -0.2) is 0 Å². The van der Waals surface area contributed by atoms with Crippen molar-refractivity contribution in [2.75, 3.05) is 11.9 Å². The third-order valence-corrected chi connectivity index (χ3v) is 4.02. The summed E-state index contributed by atoms with van der Waals surface area (Å²) in [5, 5.41) is 6.09. The molecule has 2 rings (SSSR count). The number of para-hydroxylation sites is 1. The average molecular weight is 395 g/mol. The smallest absolute Gasteiger partial charge is 0.259 e. The number of ether oxygens (including phenoxy) is 1. The number of hydrogen-bond acceptors (Lipinski definition) is 3. The molecular formula is C19H20Cl2N2O3. The molecule has 0 unspecified atom stereocenters. The number of halogens is 2. The summed E-state index contributed by atoms with van der Waals surface area (Å²) in [5.74, 6) is -0.390. The first-order chi connectivity index (χ1) is 12.2. The second-order valence-corrected chi connectivity index (χ2v) is 7.42. The molecule has 7 heteroatoms. The maximum atomic E-state index is 12.6. The van der Waals surface area contributed by atoms with E-state index in [1.807, 2.05) is 20.8 Å². The lowest BCUT2D eigenvalue weighted by atomic mass is 10.1. The predicted octanol–water partition coefficient (Wildman–Crippen LogP) is 4.54. The normalized spacial score (nSPS) is 11.0. The van der Waals surface area contributed by atoms with Gasteiger partial charge in [-0.2, -0.15) is 0 Å². The van der Waals surface area contributed by atoms with Crippen molar-refractivity contribution >= 4 is 40.7 Å². The number of rotatable bonds is 5. The molecule has 2 N–H and O–H groups in total. The Labute approximate surface area is 162 Å². The first-order valence-electron chi connectivity index (χ1n) is 7.95. The molecular weight excluding hydrogens is 375 g/mol. The summed E-state index contributed by atoms with van der Waals surface area (Å²) >= 11 is 12.1. The molecule has 26 heavy (non-hydrogen) atoms. The van der Waals surface area contributed by atoms with Crippen LogP contribution >= 0.6 is 23.2 Å². The van der Waals surface area contributed by atoms with Gasteiger partial charge in [-0.1, -0.05) is 41.4 Å². The third-order valence-electron chi connectivity index (χ3n) is 3.20. The van der Waals surface area contributed by atoms with Crippen LogP contribution in [0.5, 0.6) is 5.75 Å². The van der Waals surface area contributed by atoms with Gasteiger partial charge in [0.1, 0.15) is 5.75 Å². The van der Waals surface area contributed by atoms with Crippen molar-refractivity contribution in [3.8, 4) is 5.75 Å². The second-order valence-electron chi connectivity index (χ2n) is 6.64. The molecule has 5 nitrogen and oxygen atoms in total. The lowest BCUT2D eigenvalue weighted by Crippen LogP contribution is -2.43. The van der Waals surface area contributed by atoms with Gasteiger partial charge >= 0.3 is 0 Å². The van der Waals surface area contributed by atoms with Gasteiger partial charge in [0.25, 0.3) is 11.8 Å². The number of carbonyl (C=O) groups excluding carboxylic acids is 2. The molecule has 0 saturated heterocycles. The fraction of sp³-hybridized carbons (Fsp3) is 0.263. The molecule has 0 aromatic heterocycles. The standard InChI is InChI=1S/C19H20Cl2N2O3/c1-19(2,3)23-16(24)11-26-15-10-5-4-7-12(15)18(25)22-14-9-6-8-13(20)17(14)21/h4-10H,11H2,1-3H3,(H,22,25)(H,23,24). The lowest BCUT2D eigenvalue weighted by molar-refractivity contribution is -0.124. The molecule has 2 aromatic carbocycles. The van der Waals surface area contributed by atoms with Gasteiger partial charge in [-0.3, -0.25) is 9.59 Å². The van der Waals surface area contributed by atoms with Crippen LogP contribution in [0.25, 0.3) is 0 Å². The molecule has 2 aromatic rings. The largest absolute Gasteiger partial charge is 0.483 e. The number of hydrogen-bond donors (Lipinski definition) is 2. The van der Waals surface area contributed by atoms with E-state index in [0.717, 1.165) is 0 Å².